The van der Waals surface area contributed by atoms with Gasteiger partial charge in [0.15, 0.2) is 0 Å². The molecule has 1 N–H and O–H groups in total. The molecule has 1 aromatic carbocycles. The van der Waals surface area contributed by atoms with E-state index in [1.54, 1.807) is 24.3 Å². The van der Waals surface area contributed by atoms with Crippen LogP contribution in [0.5, 0.6) is 0 Å². The molecule has 1 fully saturated rings. The molecule has 28 heavy (non-hydrogen) atoms. The molecule has 1 amide bonds. The second kappa shape index (κ2) is 8.46. The molecule has 7 nitrogen and oxygen atoms in total. The van der Waals surface area contributed by atoms with E-state index in [1.807, 2.05) is 26.8 Å². The van der Waals surface area contributed by atoms with Crippen LogP contribution in [-0.2, 0) is 27.8 Å². The number of amides is 1. The number of benzene rings is 1. The Kier molecular flexibility index (Phi) is 6.22. The minimum atomic E-state index is -3.62. The summed E-state index contributed by atoms with van der Waals surface area (Å²) in [5, 5.41) is 2.88. The molecule has 2 aromatic rings. The average Bonchev–Trinajstić information content (AvgIpc) is 3.00. The molecule has 0 radical (unpaired) electrons. The number of hydrogen-bond donors (Lipinski definition) is 1. The fourth-order valence-corrected chi connectivity index (χ4v) is 5.25. The molecular formula is C20H27N3O4S. The molecule has 3 rings (SSSR count). The van der Waals surface area contributed by atoms with Crippen molar-refractivity contribution in [3.63, 3.8) is 0 Å². The lowest BCUT2D eigenvalue weighted by atomic mass is 10.2. The summed E-state index contributed by atoms with van der Waals surface area (Å²) in [6.07, 6.45) is 0. The highest BCUT2D eigenvalue weighted by atomic mass is 32.2. The summed E-state index contributed by atoms with van der Waals surface area (Å²) in [4.78, 5) is 12.9. The molecule has 0 saturated carbocycles. The van der Waals surface area contributed by atoms with Crippen LogP contribution in [0.3, 0.4) is 0 Å². The summed E-state index contributed by atoms with van der Waals surface area (Å²) in [7, 11) is -3.62. The maximum Gasteiger partial charge on any atom is 0.253 e. The zero-order valence-corrected chi connectivity index (χ0v) is 17.4. The number of rotatable bonds is 6. The molecule has 0 spiro atoms. The quantitative estimate of drug-likeness (QED) is 0.798. The lowest BCUT2D eigenvalue weighted by Crippen LogP contribution is -2.41. The molecule has 0 bridgehead atoms. The topological polar surface area (TPSA) is 80.6 Å². The van der Waals surface area contributed by atoms with Gasteiger partial charge in [0.25, 0.3) is 5.91 Å². The molecule has 0 aliphatic carbocycles. The Morgan fingerprint density at radius 2 is 1.86 bits per heavy atom. The molecular weight excluding hydrogens is 378 g/mol. The van der Waals surface area contributed by atoms with Crippen molar-refractivity contribution >= 4 is 15.9 Å². The first-order valence-electron chi connectivity index (χ1n) is 9.47. The first kappa shape index (κ1) is 20.6. The van der Waals surface area contributed by atoms with Crippen molar-refractivity contribution in [2.75, 3.05) is 26.3 Å². The van der Waals surface area contributed by atoms with Crippen molar-refractivity contribution in [3.8, 4) is 0 Å². The largest absolute Gasteiger partial charge is 0.379 e. The van der Waals surface area contributed by atoms with Crippen molar-refractivity contribution in [1.29, 1.82) is 0 Å². The number of carbonyl (C=O) groups is 1. The third-order valence-electron chi connectivity index (χ3n) is 5.13. The monoisotopic (exact) mass is 405 g/mol. The van der Waals surface area contributed by atoms with E-state index < -0.39 is 10.0 Å². The highest BCUT2D eigenvalue weighted by molar-refractivity contribution is 7.89. The van der Waals surface area contributed by atoms with E-state index in [4.69, 9.17) is 4.74 Å². The first-order valence-corrected chi connectivity index (χ1v) is 10.9. The first-order chi connectivity index (χ1) is 13.4. The van der Waals surface area contributed by atoms with Gasteiger partial charge in [0, 0.05) is 37.6 Å². The van der Waals surface area contributed by atoms with Gasteiger partial charge in [0.1, 0.15) is 0 Å². The number of ether oxygens (including phenoxy) is 1. The highest BCUT2D eigenvalue weighted by Crippen LogP contribution is 2.22. The lowest BCUT2D eigenvalue weighted by molar-refractivity contribution is 0.0730. The van der Waals surface area contributed by atoms with Crippen LogP contribution >= 0.6 is 0 Å². The number of aromatic nitrogens is 1. The zero-order valence-electron chi connectivity index (χ0n) is 16.6. The average molecular weight is 406 g/mol. The van der Waals surface area contributed by atoms with Gasteiger partial charge in [-0.15, -0.1) is 0 Å². The van der Waals surface area contributed by atoms with E-state index in [-0.39, 0.29) is 17.3 Å². The third kappa shape index (κ3) is 3.99. The molecule has 1 saturated heterocycles. The van der Waals surface area contributed by atoms with Gasteiger partial charge in [-0.2, -0.15) is 4.31 Å². The second-order valence-corrected chi connectivity index (χ2v) is 8.74. The van der Waals surface area contributed by atoms with Gasteiger partial charge in [-0.25, -0.2) is 8.42 Å². The Bertz CT molecular complexity index is 960. The standard InChI is InChI=1S/C20H27N3O4S/c1-4-23-15(2)13-18(16(23)3)20(24)21-14-17-7-5-6-8-19(17)28(25,26)22-9-11-27-12-10-22/h5-8,13H,4,9-12,14H2,1-3H3,(H,21,24). The smallest absolute Gasteiger partial charge is 0.253 e. The summed E-state index contributed by atoms with van der Waals surface area (Å²) in [5.74, 6) is -0.202. The number of aryl methyl sites for hydroxylation is 1. The van der Waals surface area contributed by atoms with Gasteiger partial charge >= 0.3 is 0 Å². The second-order valence-electron chi connectivity index (χ2n) is 6.84. The van der Waals surface area contributed by atoms with Crippen LogP contribution in [0.1, 0.15) is 34.2 Å². The van der Waals surface area contributed by atoms with Crippen LogP contribution in [0.25, 0.3) is 0 Å². The van der Waals surface area contributed by atoms with Crippen molar-refractivity contribution < 1.29 is 17.9 Å². The SMILES string of the molecule is CCn1c(C)cc(C(=O)NCc2ccccc2S(=O)(=O)N2CCOCC2)c1C. The normalized spacial score (nSPS) is 15.5. The van der Waals surface area contributed by atoms with Crippen molar-refractivity contribution in [2.45, 2.75) is 38.8 Å². The fraction of sp³-hybridized carbons (Fsp3) is 0.450. The lowest BCUT2D eigenvalue weighted by Gasteiger charge is -2.27. The Hall–Kier alpha value is -2.16. The van der Waals surface area contributed by atoms with E-state index in [9.17, 15) is 13.2 Å². The molecule has 1 aromatic heterocycles. The molecule has 152 valence electrons. The van der Waals surface area contributed by atoms with Gasteiger partial charge < -0.3 is 14.6 Å². The van der Waals surface area contributed by atoms with Gasteiger partial charge in [-0.05, 0) is 38.5 Å². The maximum absolute atomic E-state index is 13.0. The van der Waals surface area contributed by atoms with E-state index in [2.05, 4.69) is 9.88 Å². The number of morpholine rings is 1. The van der Waals surface area contributed by atoms with E-state index in [0.717, 1.165) is 17.9 Å². The number of nitrogens with zero attached hydrogens (tertiary/aromatic N) is 2. The fourth-order valence-electron chi connectivity index (χ4n) is 3.62. The molecule has 0 atom stereocenters. The molecule has 8 heteroatoms. The molecule has 0 unspecified atom stereocenters. The number of sulfonamides is 1. The van der Waals surface area contributed by atoms with Gasteiger partial charge in [0.2, 0.25) is 10.0 Å². The van der Waals surface area contributed by atoms with Crippen LogP contribution in [0, 0.1) is 13.8 Å². The summed E-state index contributed by atoms with van der Waals surface area (Å²) < 4.78 is 34.8. The van der Waals surface area contributed by atoms with Crippen LogP contribution in [-0.4, -0.2) is 49.5 Å². The maximum atomic E-state index is 13.0. The molecule has 1 aliphatic heterocycles. The van der Waals surface area contributed by atoms with Crippen LogP contribution in [0.15, 0.2) is 35.2 Å². The zero-order chi connectivity index (χ0) is 20.3. The van der Waals surface area contributed by atoms with E-state index >= 15 is 0 Å². The number of hydrogen-bond acceptors (Lipinski definition) is 4. The highest BCUT2D eigenvalue weighted by Gasteiger charge is 2.28. The van der Waals surface area contributed by atoms with Crippen molar-refractivity contribution in [2.24, 2.45) is 0 Å². The van der Waals surface area contributed by atoms with Gasteiger partial charge in [-0.3, -0.25) is 4.79 Å². The minimum absolute atomic E-state index is 0.147. The predicted octanol–water partition coefficient (Wildman–Crippen LogP) is 2.08. The number of carbonyl (C=O) groups excluding carboxylic acids is 1. The Balaban J connectivity index is 1.80. The summed E-state index contributed by atoms with van der Waals surface area (Å²) in [5.41, 5.74) is 3.13. The third-order valence-corrected chi connectivity index (χ3v) is 7.13. The number of nitrogens with one attached hydrogen (secondary N) is 1. The minimum Gasteiger partial charge on any atom is -0.379 e. The van der Waals surface area contributed by atoms with Crippen molar-refractivity contribution in [3.05, 3.63) is 52.8 Å². The van der Waals surface area contributed by atoms with Gasteiger partial charge in [-0.1, -0.05) is 18.2 Å². The van der Waals surface area contributed by atoms with Crippen LogP contribution in [0.2, 0.25) is 0 Å². The summed E-state index contributed by atoms with van der Waals surface area (Å²) in [6.45, 7) is 8.34. The Labute approximate surface area is 166 Å². The van der Waals surface area contributed by atoms with E-state index in [1.165, 1.54) is 4.31 Å². The van der Waals surface area contributed by atoms with Gasteiger partial charge in [0.05, 0.1) is 23.7 Å². The Morgan fingerprint density at radius 1 is 1.18 bits per heavy atom. The summed E-state index contributed by atoms with van der Waals surface area (Å²) in [6, 6.07) is 8.68. The van der Waals surface area contributed by atoms with Crippen LogP contribution < -0.4 is 5.32 Å². The predicted molar refractivity (Wildman–Crippen MR) is 107 cm³/mol. The Morgan fingerprint density at radius 3 is 2.50 bits per heavy atom. The van der Waals surface area contributed by atoms with E-state index in [0.29, 0.717) is 37.4 Å². The molecule has 1 aliphatic rings. The van der Waals surface area contributed by atoms with Crippen LogP contribution in [0.4, 0.5) is 0 Å². The molecule has 2 heterocycles. The summed E-state index contributed by atoms with van der Waals surface area (Å²) >= 11 is 0. The van der Waals surface area contributed by atoms with Crippen molar-refractivity contribution in [1.82, 2.24) is 14.2 Å².